The molecule has 8 nitrogen and oxygen atoms in total. The fourth-order valence-corrected chi connectivity index (χ4v) is 5.89. The lowest BCUT2D eigenvalue weighted by atomic mass is 10.0. The molecule has 2 aromatic carbocycles. The van der Waals surface area contributed by atoms with E-state index in [1.54, 1.807) is 0 Å². The van der Waals surface area contributed by atoms with Crippen LogP contribution in [0.5, 0.6) is 6.01 Å². The highest BCUT2D eigenvalue weighted by atomic mass is 16.5. The summed E-state index contributed by atoms with van der Waals surface area (Å²) >= 11 is 0. The van der Waals surface area contributed by atoms with E-state index in [1.807, 2.05) is 18.2 Å². The van der Waals surface area contributed by atoms with E-state index in [1.165, 1.54) is 26.2 Å². The van der Waals surface area contributed by atoms with Crippen molar-refractivity contribution in [3.05, 3.63) is 42.5 Å². The van der Waals surface area contributed by atoms with E-state index in [0.717, 1.165) is 59.6 Å². The molecule has 3 fully saturated rings. The van der Waals surface area contributed by atoms with Gasteiger partial charge in [-0.2, -0.15) is 9.97 Å². The Morgan fingerprint density at radius 2 is 1.89 bits per heavy atom. The predicted molar refractivity (Wildman–Crippen MR) is 143 cm³/mol. The van der Waals surface area contributed by atoms with Gasteiger partial charge in [-0.1, -0.05) is 18.2 Å². The number of hydrogen-bond acceptors (Lipinski definition) is 7. The Hall–Kier alpha value is -3.23. The predicted octanol–water partition coefficient (Wildman–Crippen LogP) is 3.67. The number of carbonyl (C=O) groups is 1. The third-order valence-corrected chi connectivity index (χ3v) is 7.76. The van der Waals surface area contributed by atoms with E-state index in [-0.39, 0.29) is 5.91 Å². The van der Waals surface area contributed by atoms with Crippen LogP contribution in [0.2, 0.25) is 0 Å². The Morgan fingerprint density at radius 1 is 1.08 bits per heavy atom. The van der Waals surface area contributed by atoms with Gasteiger partial charge < -0.3 is 25.2 Å². The minimum atomic E-state index is -0.0808. The molecule has 36 heavy (non-hydrogen) atoms. The van der Waals surface area contributed by atoms with E-state index < -0.39 is 0 Å². The summed E-state index contributed by atoms with van der Waals surface area (Å²) in [5, 5.41) is 7.64. The zero-order valence-corrected chi connectivity index (χ0v) is 21.0. The van der Waals surface area contributed by atoms with Crippen molar-refractivity contribution in [2.75, 3.05) is 43.5 Å². The average Bonchev–Trinajstić information content (AvgIpc) is 3.44. The monoisotopic (exact) mass is 486 g/mol. The molecule has 3 aliphatic rings. The van der Waals surface area contributed by atoms with Gasteiger partial charge in [-0.05, 0) is 74.7 Å². The number of hydrogen-bond donors (Lipinski definition) is 2. The molecule has 1 aromatic heterocycles. The highest BCUT2D eigenvalue weighted by Gasteiger charge is 2.33. The summed E-state index contributed by atoms with van der Waals surface area (Å²) in [5.41, 5.74) is 3.73. The third-order valence-electron chi connectivity index (χ3n) is 7.76. The summed E-state index contributed by atoms with van der Waals surface area (Å²) in [7, 11) is 2.16. The Balaban J connectivity index is 1.36. The molecule has 0 aliphatic carbocycles. The van der Waals surface area contributed by atoms with Gasteiger partial charge in [0.05, 0.1) is 5.52 Å². The number of carbonyl (C=O) groups excluding carboxylic acids is 1. The lowest BCUT2D eigenvalue weighted by Gasteiger charge is -2.34. The number of benzene rings is 2. The molecule has 2 bridgehead atoms. The van der Waals surface area contributed by atoms with Crippen LogP contribution in [0, 0.1) is 0 Å². The van der Waals surface area contributed by atoms with Gasteiger partial charge in [-0.15, -0.1) is 0 Å². The standard InChI is InChI=1S/C28H34N6O2/c1-18(35)29-21-6-3-5-19(13-21)20-8-11-25-26(14-20)31-28(36-17-24-7-4-12-33(24)2)32-27(25)34-15-22-9-10-23(16-34)30-22/h3,5-6,8,11,13-14,22-24,30H,4,7,9-10,12,15-17H2,1-2H3,(H,29,35)/t22-,23+,24?. The summed E-state index contributed by atoms with van der Waals surface area (Å²) in [6.45, 7) is 5.14. The molecule has 188 valence electrons. The number of rotatable bonds is 6. The Morgan fingerprint density at radius 3 is 2.64 bits per heavy atom. The van der Waals surface area contributed by atoms with Crippen molar-refractivity contribution in [2.45, 2.75) is 50.7 Å². The molecule has 8 heteroatoms. The number of amides is 1. The molecule has 3 atom stereocenters. The van der Waals surface area contributed by atoms with Gasteiger partial charge >= 0.3 is 6.01 Å². The van der Waals surface area contributed by atoms with E-state index in [9.17, 15) is 4.79 Å². The number of ether oxygens (including phenoxy) is 1. The first-order chi connectivity index (χ1) is 17.5. The normalized spacial score (nSPS) is 23.8. The number of fused-ring (bicyclic) bond motifs is 3. The number of likely N-dealkylation sites (N-methyl/N-ethyl adjacent to an activating group) is 1. The first-order valence-corrected chi connectivity index (χ1v) is 13.1. The fourth-order valence-electron chi connectivity index (χ4n) is 5.89. The van der Waals surface area contributed by atoms with E-state index in [4.69, 9.17) is 14.7 Å². The Kier molecular flexibility index (Phi) is 6.23. The van der Waals surface area contributed by atoms with Crippen LogP contribution in [0.25, 0.3) is 22.0 Å². The highest BCUT2D eigenvalue weighted by Crippen LogP contribution is 2.33. The second kappa shape index (κ2) is 9.67. The summed E-state index contributed by atoms with van der Waals surface area (Å²) in [6.07, 6.45) is 4.79. The number of piperazine rings is 1. The first kappa shape index (κ1) is 23.2. The number of nitrogens with one attached hydrogen (secondary N) is 2. The van der Waals surface area contributed by atoms with E-state index in [0.29, 0.717) is 30.7 Å². The van der Waals surface area contributed by atoms with Crippen LogP contribution < -0.4 is 20.3 Å². The molecule has 3 saturated heterocycles. The van der Waals surface area contributed by atoms with Gasteiger partial charge in [-0.25, -0.2) is 0 Å². The second-order valence-corrected chi connectivity index (χ2v) is 10.5. The molecule has 3 aliphatic heterocycles. The van der Waals surface area contributed by atoms with Crippen molar-refractivity contribution >= 4 is 28.3 Å². The van der Waals surface area contributed by atoms with Crippen LogP contribution >= 0.6 is 0 Å². The maximum atomic E-state index is 11.5. The van der Waals surface area contributed by atoms with Crippen LogP contribution in [0.3, 0.4) is 0 Å². The molecular formula is C28H34N6O2. The van der Waals surface area contributed by atoms with Crippen LogP contribution in [-0.2, 0) is 4.79 Å². The minimum Gasteiger partial charge on any atom is -0.462 e. The lowest BCUT2D eigenvalue weighted by molar-refractivity contribution is -0.114. The maximum Gasteiger partial charge on any atom is 0.319 e. The molecule has 4 heterocycles. The second-order valence-electron chi connectivity index (χ2n) is 10.5. The van der Waals surface area contributed by atoms with Crippen LogP contribution in [0.15, 0.2) is 42.5 Å². The fraction of sp³-hybridized carbons (Fsp3) is 0.464. The quantitative estimate of drug-likeness (QED) is 0.550. The molecule has 0 radical (unpaired) electrons. The van der Waals surface area contributed by atoms with Gasteiger partial charge in [0.2, 0.25) is 5.91 Å². The lowest BCUT2D eigenvalue weighted by Crippen LogP contribution is -2.51. The van der Waals surface area contributed by atoms with Gasteiger partial charge in [0.15, 0.2) is 0 Å². The maximum absolute atomic E-state index is 11.5. The van der Waals surface area contributed by atoms with Gasteiger partial charge in [0, 0.05) is 49.2 Å². The van der Waals surface area contributed by atoms with Crippen LogP contribution in [0.4, 0.5) is 11.5 Å². The van der Waals surface area contributed by atoms with Crippen LogP contribution in [0.1, 0.15) is 32.6 Å². The van der Waals surface area contributed by atoms with Crippen molar-refractivity contribution in [1.82, 2.24) is 20.2 Å². The summed E-state index contributed by atoms with van der Waals surface area (Å²) < 4.78 is 6.22. The van der Waals surface area contributed by atoms with E-state index in [2.05, 4.69) is 51.7 Å². The topological polar surface area (TPSA) is 82.6 Å². The average molecular weight is 487 g/mol. The Labute approximate surface area is 212 Å². The summed E-state index contributed by atoms with van der Waals surface area (Å²) in [6, 6.07) is 16.1. The summed E-state index contributed by atoms with van der Waals surface area (Å²) in [4.78, 5) is 26.1. The highest BCUT2D eigenvalue weighted by molar-refractivity contribution is 5.94. The van der Waals surface area contributed by atoms with Crippen molar-refractivity contribution in [2.24, 2.45) is 0 Å². The molecule has 6 rings (SSSR count). The smallest absolute Gasteiger partial charge is 0.319 e. The number of anilines is 2. The molecule has 0 saturated carbocycles. The van der Waals surface area contributed by atoms with Gasteiger partial charge in [0.1, 0.15) is 12.4 Å². The number of aromatic nitrogens is 2. The largest absolute Gasteiger partial charge is 0.462 e. The van der Waals surface area contributed by atoms with Crippen LogP contribution in [-0.4, -0.2) is 72.2 Å². The first-order valence-electron chi connectivity index (χ1n) is 13.1. The van der Waals surface area contributed by atoms with Crippen molar-refractivity contribution in [1.29, 1.82) is 0 Å². The van der Waals surface area contributed by atoms with Gasteiger partial charge in [0.25, 0.3) is 0 Å². The zero-order valence-electron chi connectivity index (χ0n) is 21.0. The third kappa shape index (κ3) is 4.75. The molecule has 0 spiro atoms. The molecular weight excluding hydrogens is 452 g/mol. The Bertz CT molecular complexity index is 1270. The number of likely N-dealkylation sites (tertiary alicyclic amines) is 1. The van der Waals surface area contributed by atoms with Crippen molar-refractivity contribution in [3.63, 3.8) is 0 Å². The SMILES string of the molecule is CC(=O)Nc1cccc(-c2ccc3c(N4C[C@H]5CC[C@@H](C4)N5)nc(OCC4CCCN4C)nc3c2)c1. The molecule has 2 N–H and O–H groups in total. The zero-order chi connectivity index (χ0) is 24.6. The van der Waals surface area contributed by atoms with E-state index >= 15 is 0 Å². The van der Waals surface area contributed by atoms with Crippen molar-refractivity contribution < 1.29 is 9.53 Å². The van der Waals surface area contributed by atoms with Crippen molar-refractivity contribution in [3.8, 4) is 17.1 Å². The molecule has 1 unspecified atom stereocenters. The number of nitrogens with zero attached hydrogens (tertiary/aromatic N) is 4. The molecule has 3 aromatic rings. The minimum absolute atomic E-state index is 0.0808. The van der Waals surface area contributed by atoms with Gasteiger partial charge in [-0.3, -0.25) is 4.79 Å². The summed E-state index contributed by atoms with van der Waals surface area (Å²) in [5.74, 6) is 0.884. The molecule has 1 amide bonds.